The van der Waals surface area contributed by atoms with Gasteiger partial charge in [-0.25, -0.2) is 4.39 Å². The lowest BCUT2D eigenvalue weighted by molar-refractivity contribution is 0.0705. The smallest absolute Gasteiger partial charge is 0.265 e. The minimum atomic E-state index is -0.627. The van der Waals surface area contributed by atoms with Gasteiger partial charge < -0.3 is 14.3 Å². The second kappa shape index (κ2) is 5.70. The number of amides is 1. The molecule has 3 heterocycles. The highest BCUT2D eigenvalue weighted by Gasteiger charge is 2.35. The molecular formula is C14H16FN5O2. The average molecular weight is 305 g/mol. The van der Waals surface area contributed by atoms with Crippen LogP contribution in [0, 0.1) is 5.82 Å². The fraction of sp³-hybridized carbons (Fsp3) is 0.429. The van der Waals surface area contributed by atoms with Crippen molar-refractivity contribution in [2.24, 2.45) is 0 Å². The Morgan fingerprint density at radius 3 is 3.00 bits per heavy atom. The second-order valence-electron chi connectivity index (χ2n) is 5.34. The van der Waals surface area contributed by atoms with Gasteiger partial charge in [0.2, 0.25) is 0 Å². The molecule has 2 aromatic heterocycles. The Bertz CT molecular complexity index is 687. The zero-order valence-corrected chi connectivity index (χ0v) is 12.4. The van der Waals surface area contributed by atoms with E-state index in [1.165, 1.54) is 12.3 Å². The first kappa shape index (κ1) is 14.4. The molecule has 1 atom stereocenters. The van der Waals surface area contributed by atoms with E-state index in [-0.39, 0.29) is 17.5 Å². The van der Waals surface area contributed by atoms with Crippen LogP contribution in [0.25, 0.3) is 0 Å². The van der Waals surface area contributed by atoms with Crippen LogP contribution in [0.15, 0.2) is 23.0 Å². The molecule has 0 N–H and O–H groups in total. The third-order valence-electron chi connectivity index (χ3n) is 3.63. The molecule has 116 valence electrons. The first-order valence-electron chi connectivity index (χ1n) is 6.99. The van der Waals surface area contributed by atoms with Gasteiger partial charge in [0, 0.05) is 26.8 Å². The summed E-state index contributed by atoms with van der Waals surface area (Å²) in [6, 6.07) is 1.06. The van der Waals surface area contributed by atoms with Gasteiger partial charge >= 0.3 is 0 Å². The first-order chi connectivity index (χ1) is 10.6. The Hall–Kier alpha value is -2.51. The maximum absolute atomic E-state index is 13.8. The summed E-state index contributed by atoms with van der Waals surface area (Å²) in [6.07, 6.45) is 3.96. The molecule has 22 heavy (non-hydrogen) atoms. The fourth-order valence-corrected chi connectivity index (χ4v) is 2.51. The molecule has 0 unspecified atom stereocenters. The Kier molecular flexibility index (Phi) is 3.74. The number of likely N-dealkylation sites (tertiary alicyclic amines) is 1. The van der Waals surface area contributed by atoms with Gasteiger partial charge in [-0.05, 0) is 24.1 Å². The summed E-state index contributed by atoms with van der Waals surface area (Å²) in [4.78, 5) is 23.8. The number of anilines is 1. The van der Waals surface area contributed by atoms with Gasteiger partial charge in [0.25, 0.3) is 17.7 Å². The first-order valence-corrected chi connectivity index (χ1v) is 6.99. The van der Waals surface area contributed by atoms with Crippen molar-refractivity contribution in [3.8, 4) is 0 Å². The monoisotopic (exact) mass is 305 g/mol. The normalized spacial score (nSPS) is 17.8. The van der Waals surface area contributed by atoms with Crippen LogP contribution < -0.4 is 4.90 Å². The molecule has 1 saturated heterocycles. The maximum atomic E-state index is 13.8. The van der Waals surface area contributed by atoms with Crippen molar-refractivity contribution in [1.82, 2.24) is 20.0 Å². The van der Waals surface area contributed by atoms with Crippen LogP contribution in [0.1, 0.15) is 35.1 Å². The molecule has 0 radical (unpaired) electrons. The molecule has 0 saturated carbocycles. The standard InChI is InChI=1S/C14H16FN5O2/c1-19(2)14-17-12(22-18-14)11-4-3-7-20(11)13(21)9-5-6-16-8-10(9)15/h5-6,8,11H,3-4,7H2,1-2H3/t11-/m0/s1. The maximum Gasteiger partial charge on any atom is 0.265 e. The van der Waals surface area contributed by atoms with Crippen LogP contribution in [0.4, 0.5) is 10.3 Å². The summed E-state index contributed by atoms with van der Waals surface area (Å²) in [5.74, 6) is -0.182. The SMILES string of the molecule is CN(C)c1noc([C@@H]2CCCN2C(=O)c2ccncc2F)n1. The van der Waals surface area contributed by atoms with E-state index in [4.69, 9.17) is 4.52 Å². The van der Waals surface area contributed by atoms with Crippen LogP contribution in [-0.2, 0) is 0 Å². The number of rotatable bonds is 3. The number of carbonyl (C=O) groups excluding carboxylic acids is 1. The molecule has 1 fully saturated rings. The summed E-state index contributed by atoms with van der Waals surface area (Å²) >= 11 is 0. The lowest BCUT2D eigenvalue weighted by Gasteiger charge is -2.22. The quantitative estimate of drug-likeness (QED) is 0.858. The van der Waals surface area contributed by atoms with Gasteiger partial charge in [0.15, 0.2) is 5.82 Å². The van der Waals surface area contributed by atoms with Crippen molar-refractivity contribution >= 4 is 11.9 Å². The Labute approximate surface area is 126 Å². The highest BCUT2D eigenvalue weighted by molar-refractivity contribution is 5.94. The molecule has 7 nitrogen and oxygen atoms in total. The Morgan fingerprint density at radius 2 is 2.32 bits per heavy atom. The predicted octanol–water partition coefficient (Wildman–Crippen LogP) is 1.65. The van der Waals surface area contributed by atoms with Gasteiger partial charge in [-0.15, -0.1) is 0 Å². The molecule has 0 spiro atoms. The Morgan fingerprint density at radius 1 is 1.50 bits per heavy atom. The van der Waals surface area contributed by atoms with Crippen LogP contribution in [-0.4, -0.2) is 46.6 Å². The van der Waals surface area contributed by atoms with Crippen molar-refractivity contribution in [2.75, 3.05) is 25.5 Å². The molecule has 0 aliphatic carbocycles. The number of carbonyl (C=O) groups is 1. The summed E-state index contributed by atoms with van der Waals surface area (Å²) < 4.78 is 19.0. The number of aromatic nitrogens is 3. The zero-order valence-electron chi connectivity index (χ0n) is 12.4. The van der Waals surface area contributed by atoms with Crippen molar-refractivity contribution in [3.05, 3.63) is 35.7 Å². The van der Waals surface area contributed by atoms with Crippen LogP contribution in [0.3, 0.4) is 0 Å². The molecule has 0 aromatic carbocycles. The molecule has 0 bridgehead atoms. The summed E-state index contributed by atoms with van der Waals surface area (Å²) in [5, 5.41) is 3.86. The van der Waals surface area contributed by atoms with Crippen LogP contribution in [0.2, 0.25) is 0 Å². The van der Waals surface area contributed by atoms with E-state index in [0.29, 0.717) is 24.8 Å². The van der Waals surface area contributed by atoms with Crippen molar-refractivity contribution in [1.29, 1.82) is 0 Å². The highest BCUT2D eigenvalue weighted by Crippen LogP contribution is 2.33. The van der Waals surface area contributed by atoms with E-state index in [0.717, 1.165) is 12.6 Å². The number of halogens is 1. The summed E-state index contributed by atoms with van der Waals surface area (Å²) in [7, 11) is 3.61. The number of hydrogen-bond donors (Lipinski definition) is 0. The van der Waals surface area contributed by atoms with Crippen molar-refractivity contribution in [2.45, 2.75) is 18.9 Å². The average Bonchev–Trinajstić information content (AvgIpc) is 3.15. The van der Waals surface area contributed by atoms with E-state index in [2.05, 4.69) is 15.1 Å². The highest BCUT2D eigenvalue weighted by atomic mass is 19.1. The van der Waals surface area contributed by atoms with E-state index < -0.39 is 5.82 Å². The lowest BCUT2D eigenvalue weighted by atomic mass is 10.2. The zero-order chi connectivity index (χ0) is 15.7. The molecular weight excluding hydrogens is 289 g/mol. The van der Waals surface area contributed by atoms with Crippen LogP contribution in [0.5, 0.6) is 0 Å². The summed E-state index contributed by atoms with van der Waals surface area (Å²) in [5.41, 5.74) is 0.00856. The predicted molar refractivity (Wildman–Crippen MR) is 75.8 cm³/mol. The minimum Gasteiger partial charge on any atom is -0.344 e. The second-order valence-corrected chi connectivity index (χ2v) is 5.34. The lowest BCUT2D eigenvalue weighted by Crippen LogP contribution is -2.31. The molecule has 1 amide bonds. The number of nitrogens with zero attached hydrogens (tertiary/aromatic N) is 5. The van der Waals surface area contributed by atoms with Gasteiger partial charge in [-0.1, -0.05) is 0 Å². The molecule has 3 rings (SSSR count). The van der Waals surface area contributed by atoms with Crippen LogP contribution >= 0.6 is 0 Å². The molecule has 8 heteroatoms. The van der Waals surface area contributed by atoms with E-state index in [9.17, 15) is 9.18 Å². The molecule has 1 aliphatic heterocycles. The number of pyridine rings is 1. The Balaban J connectivity index is 1.86. The topological polar surface area (TPSA) is 75.4 Å². The van der Waals surface area contributed by atoms with E-state index in [1.54, 1.807) is 23.9 Å². The van der Waals surface area contributed by atoms with Gasteiger partial charge in [-0.3, -0.25) is 9.78 Å². The van der Waals surface area contributed by atoms with Crippen molar-refractivity contribution < 1.29 is 13.7 Å². The van der Waals surface area contributed by atoms with Crippen molar-refractivity contribution in [3.63, 3.8) is 0 Å². The summed E-state index contributed by atoms with van der Waals surface area (Å²) in [6.45, 7) is 0.533. The third-order valence-corrected chi connectivity index (χ3v) is 3.63. The molecule has 1 aliphatic rings. The van der Waals surface area contributed by atoms with E-state index >= 15 is 0 Å². The fourth-order valence-electron chi connectivity index (χ4n) is 2.51. The van der Waals surface area contributed by atoms with Gasteiger partial charge in [-0.2, -0.15) is 4.98 Å². The van der Waals surface area contributed by atoms with Gasteiger partial charge in [0.05, 0.1) is 11.8 Å². The van der Waals surface area contributed by atoms with Gasteiger partial charge in [0.1, 0.15) is 6.04 Å². The van der Waals surface area contributed by atoms with E-state index in [1.807, 2.05) is 0 Å². The largest absolute Gasteiger partial charge is 0.344 e. The molecule has 2 aromatic rings. The third kappa shape index (κ3) is 2.51. The number of hydrogen-bond acceptors (Lipinski definition) is 6. The minimum absolute atomic E-state index is 0.00856.